The molecule has 0 aliphatic carbocycles. The van der Waals surface area contributed by atoms with Gasteiger partial charge in [-0.25, -0.2) is 0 Å². The molecule has 7 heteroatoms. The van der Waals surface area contributed by atoms with Crippen molar-refractivity contribution in [3.8, 4) is 0 Å². The van der Waals surface area contributed by atoms with E-state index in [1.54, 1.807) is 24.3 Å². The fourth-order valence-corrected chi connectivity index (χ4v) is 3.35. The molecule has 0 amide bonds. The fourth-order valence-electron chi connectivity index (χ4n) is 3.35. The zero-order valence-corrected chi connectivity index (χ0v) is 16.7. The number of ether oxygens (including phenoxy) is 4. The number of hydrogen-bond acceptors (Lipinski definition) is 6. The molecule has 0 radical (unpaired) electrons. The van der Waals surface area contributed by atoms with Crippen LogP contribution in [-0.4, -0.2) is 30.3 Å². The Morgan fingerprint density at radius 2 is 1.45 bits per heavy atom. The smallest absolute Gasteiger partial charge is 0.245 e. The summed E-state index contributed by atoms with van der Waals surface area (Å²) >= 11 is 0. The third-order valence-electron chi connectivity index (χ3n) is 5.01. The molecule has 4 rings (SSSR count). The Hall–Kier alpha value is -2.32. The van der Waals surface area contributed by atoms with Crippen molar-refractivity contribution in [1.82, 2.24) is 0 Å². The second-order valence-electron chi connectivity index (χ2n) is 7.44. The van der Waals surface area contributed by atoms with Gasteiger partial charge in [0.25, 0.3) is 0 Å². The minimum Gasteiger partial charge on any atom is -0.594 e. The van der Waals surface area contributed by atoms with Crippen molar-refractivity contribution < 1.29 is 23.8 Å². The third-order valence-corrected chi connectivity index (χ3v) is 5.01. The SMILES string of the molecule is CC1CCOC(c2cccc(N=[N+]([O-])c3cccc(C4OCCC(C)O4)c3)c2)O1. The standard InChI is InChI=1S/C22H26N2O5/c1-15-9-11-26-21(28-15)17-5-3-7-19(13-17)23-24(25)20-8-4-6-18(14-20)22-27-12-10-16(2)29-22/h3-8,13-16,21-22H,9-12H2,1-2H3. The van der Waals surface area contributed by atoms with E-state index in [1.165, 1.54) is 0 Å². The number of azo groups is 1. The third kappa shape index (κ3) is 5.00. The van der Waals surface area contributed by atoms with Gasteiger partial charge in [-0.2, -0.15) is 0 Å². The molecule has 4 atom stereocenters. The average Bonchev–Trinajstić information content (AvgIpc) is 2.74. The van der Waals surface area contributed by atoms with Gasteiger partial charge in [0.05, 0.1) is 25.4 Å². The summed E-state index contributed by atoms with van der Waals surface area (Å²) in [7, 11) is 0. The maximum absolute atomic E-state index is 12.7. The van der Waals surface area contributed by atoms with Crippen molar-refractivity contribution in [2.75, 3.05) is 13.2 Å². The number of nitrogens with zero attached hydrogens (tertiary/aromatic N) is 2. The molecule has 0 bridgehead atoms. The predicted molar refractivity (Wildman–Crippen MR) is 106 cm³/mol. The van der Waals surface area contributed by atoms with Gasteiger partial charge in [-0.3, -0.25) is 0 Å². The van der Waals surface area contributed by atoms with Crippen molar-refractivity contribution >= 4 is 11.4 Å². The summed E-state index contributed by atoms with van der Waals surface area (Å²) in [6.07, 6.45) is 1.11. The van der Waals surface area contributed by atoms with Gasteiger partial charge in [0.2, 0.25) is 5.69 Å². The molecular weight excluding hydrogens is 372 g/mol. The van der Waals surface area contributed by atoms with Crippen molar-refractivity contribution in [2.45, 2.75) is 51.5 Å². The second kappa shape index (κ2) is 9.00. The number of benzene rings is 2. The van der Waals surface area contributed by atoms with E-state index in [0.717, 1.165) is 24.0 Å². The van der Waals surface area contributed by atoms with E-state index in [2.05, 4.69) is 5.11 Å². The zero-order chi connectivity index (χ0) is 20.2. The first-order valence-corrected chi connectivity index (χ1v) is 10.0. The first-order valence-electron chi connectivity index (χ1n) is 10.0. The molecule has 7 nitrogen and oxygen atoms in total. The van der Waals surface area contributed by atoms with Crippen LogP contribution < -0.4 is 0 Å². The fraction of sp³-hybridized carbons (Fsp3) is 0.455. The summed E-state index contributed by atoms with van der Waals surface area (Å²) < 4.78 is 23.0. The molecule has 0 spiro atoms. The maximum Gasteiger partial charge on any atom is 0.245 e. The molecule has 29 heavy (non-hydrogen) atoms. The normalized spacial score (nSPS) is 28.3. The van der Waals surface area contributed by atoms with Crippen LogP contribution in [0.1, 0.15) is 50.4 Å². The molecule has 4 unspecified atom stereocenters. The summed E-state index contributed by atoms with van der Waals surface area (Å²) in [5, 5.41) is 16.8. The number of hydrogen-bond donors (Lipinski definition) is 0. The van der Waals surface area contributed by atoms with Crippen molar-refractivity contribution in [3.63, 3.8) is 0 Å². The number of rotatable bonds is 4. The molecule has 2 aliphatic rings. The summed E-state index contributed by atoms with van der Waals surface area (Å²) in [6.45, 7) is 5.33. The van der Waals surface area contributed by atoms with Gasteiger partial charge in [0.1, 0.15) is 5.69 Å². The average molecular weight is 398 g/mol. The molecule has 0 saturated carbocycles. The van der Waals surface area contributed by atoms with Crippen LogP contribution in [0.15, 0.2) is 53.6 Å². The van der Waals surface area contributed by atoms with Crippen molar-refractivity contribution in [3.05, 3.63) is 64.9 Å². The van der Waals surface area contributed by atoms with Crippen molar-refractivity contribution in [1.29, 1.82) is 0 Å². The molecule has 2 fully saturated rings. The quantitative estimate of drug-likeness (QED) is 0.399. The van der Waals surface area contributed by atoms with Crippen LogP contribution in [0.2, 0.25) is 0 Å². The molecule has 2 saturated heterocycles. The van der Waals surface area contributed by atoms with E-state index in [0.29, 0.717) is 29.4 Å². The van der Waals surface area contributed by atoms with Gasteiger partial charge >= 0.3 is 0 Å². The zero-order valence-electron chi connectivity index (χ0n) is 16.7. The van der Waals surface area contributed by atoms with Crippen LogP contribution in [0.3, 0.4) is 0 Å². The highest BCUT2D eigenvalue weighted by molar-refractivity contribution is 5.40. The monoisotopic (exact) mass is 398 g/mol. The Balaban J connectivity index is 1.53. The largest absolute Gasteiger partial charge is 0.594 e. The van der Waals surface area contributed by atoms with Gasteiger partial charge in [-0.15, -0.1) is 0 Å². The van der Waals surface area contributed by atoms with Gasteiger partial charge in [0.15, 0.2) is 12.6 Å². The maximum atomic E-state index is 12.7. The van der Waals surface area contributed by atoms with E-state index >= 15 is 0 Å². The van der Waals surface area contributed by atoms with Crippen LogP contribution in [0.25, 0.3) is 0 Å². The summed E-state index contributed by atoms with van der Waals surface area (Å²) in [4.78, 5) is 0.611. The van der Waals surface area contributed by atoms with Crippen LogP contribution in [-0.2, 0) is 18.9 Å². The van der Waals surface area contributed by atoms with Crippen LogP contribution in [0.5, 0.6) is 0 Å². The Kier molecular flexibility index (Phi) is 6.20. The lowest BCUT2D eigenvalue weighted by molar-refractivity contribution is -0.435. The molecule has 2 heterocycles. The van der Waals surface area contributed by atoms with E-state index in [4.69, 9.17) is 18.9 Å². The lowest BCUT2D eigenvalue weighted by Gasteiger charge is -2.28. The molecule has 2 aromatic carbocycles. The molecule has 2 aliphatic heterocycles. The lowest BCUT2D eigenvalue weighted by atomic mass is 10.1. The van der Waals surface area contributed by atoms with E-state index in [9.17, 15) is 5.21 Å². The molecular formula is C22H26N2O5. The first-order chi connectivity index (χ1) is 14.1. The Morgan fingerprint density at radius 3 is 2.07 bits per heavy atom. The molecule has 0 aromatic heterocycles. The highest BCUT2D eigenvalue weighted by Crippen LogP contribution is 2.31. The second-order valence-corrected chi connectivity index (χ2v) is 7.44. The minimum absolute atomic E-state index is 0.125. The Labute approximate surface area is 170 Å². The topological polar surface area (TPSA) is 75.4 Å². The molecule has 2 aromatic rings. The summed E-state index contributed by atoms with van der Waals surface area (Å²) in [6, 6.07) is 14.5. The minimum atomic E-state index is -0.460. The Morgan fingerprint density at radius 1 is 0.862 bits per heavy atom. The van der Waals surface area contributed by atoms with Gasteiger partial charge in [-0.1, -0.05) is 29.1 Å². The van der Waals surface area contributed by atoms with E-state index < -0.39 is 12.6 Å². The van der Waals surface area contributed by atoms with Gasteiger partial charge < -0.3 is 24.2 Å². The van der Waals surface area contributed by atoms with Gasteiger partial charge in [-0.05, 0) is 38.8 Å². The highest BCUT2D eigenvalue weighted by Gasteiger charge is 2.23. The first kappa shape index (κ1) is 20.0. The molecule has 0 N–H and O–H groups in total. The molecule has 154 valence electrons. The predicted octanol–water partition coefficient (Wildman–Crippen LogP) is 5.26. The summed E-state index contributed by atoms with van der Waals surface area (Å²) in [5.41, 5.74) is 2.60. The Bertz CT molecular complexity index is 872. The van der Waals surface area contributed by atoms with E-state index in [1.807, 2.05) is 38.1 Å². The van der Waals surface area contributed by atoms with Crippen molar-refractivity contribution in [2.24, 2.45) is 5.11 Å². The van der Waals surface area contributed by atoms with E-state index in [-0.39, 0.29) is 12.2 Å². The van der Waals surface area contributed by atoms with Gasteiger partial charge in [0, 0.05) is 28.4 Å². The lowest BCUT2D eigenvalue weighted by Crippen LogP contribution is -2.24. The van der Waals surface area contributed by atoms with Crippen LogP contribution in [0, 0.1) is 5.21 Å². The summed E-state index contributed by atoms with van der Waals surface area (Å²) in [5.74, 6) is 0. The van der Waals surface area contributed by atoms with Crippen LogP contribution in [0.4, 0.5) is 11.4 Å². The van der Waals surface area contributed by atoms with Crippen LogP contribution >= 0.6 is 0 Å². The highest BCUT2D eigenvalue weighted by atomic mass is 16.7.